The minimum Gasteiger partial charge on any atom is -0.508 e. The highest BCUT2D eigenvalue weighted by molar-refractivity contribution is 8.03. The van der Waals surface area contributed by atoms with Crippen molar-refractivity contribution in [3.63, 3.8) is 0 Å². The van der Waals surface area contributed by atoms with Gasteiger partial charge in [0.2, 0.25) is 5.91 Å². The number of nitriles is 1. The molecular formula is C14H14N2O2S. The molecule has 1 amide bonds. The van der Waals surface area contributed by atoms with Gasteiger partial charge in [0.1, 0.15) is 5.75 Å². The number of amides is 1. The lowest BCUT2D eigenvalue weighted by Gasteiger charge is -2.24. The Morgan fingerprint density at radius 2 is 2.16 bits per heavy atom. The Morgan fingerprint density at radius 1 is 1.47 bits per heavy atom. The van der Waals surface area contributed by atoms with Gasteiger partial charge in [-0.2, -0.15) is 5.26 Å². The number of nitrogens with zero attached hydrogens (tertiary/aromatic N) is 1. The van der Waals surface area contributed by atoms with E-state index in [1.165, 1.54) is 11.8 Å². The number of nitrogens with one attached hydrogen (secondary N) is 1. The molecule has 0 aliphatic carbocycles. The van der Waals surface area contributed by atoms with Crippen molar-refractivity contribution in [2.45, 2.75) is 19.3 Å². The lowest BCUT2D eigenvalue weighted by Crippen LogP contribution is -2.30. The molecule has 0 saturated carbocycles. The smallest absolute Gasteiger partial charge is 0.225 e. The number of hydrogen-bond acceptors (Lipinski definition) is 4. The van der Waals surface area contributed by atoms with Crippen molar-refractivity contribution in [3.8, 4) is 11.8 Å². The van der Waals surface area contributed by atoms with E-state index in [-0.39, 0.29) is 24.0 Å². The van der Waals surface area contributed by atoms with Crippen LogP contribution in [-0.4, -0.2) is 16.8 Å². The van der Waals surface area contributed by atoms with Gasteiger partial charge in [0.15, 0.2) is 0 Å². The minimum atomic E-state index is -0.228. The van der Waals surface area contributed by atoms with Crippen molar-refractivity contribution in [2.75, 3.05) is 5.75 Å². The fourth-order valence-corrected chi connectivity index (χ4v) is 2.89. The van der Waals surface area contributed by atoms with Crippen LogP contribution >= 0.6 is 11.8 Å². The summed E-state index contributed by atoms with van der Waals surface area (Å²) < 4.78 is 0. The summed E-state index contributed by atoms with van der Waals surface area (Å²) in [4.78, 5) is 11.7. The highest BCUT2D eigenvalue weighted by Gasteiger charge is 2.29. The normalized spacial score (nSPS) is 18.9. The van der Waals surface area contributed by atoms with Gasteiger partial charge in [-0.25, -0.2) is 0 Å². The second-order valence-electron chi connectivity index (χ2n) is 4.18. The number of aromatic hydroxyl groups is 1. The number of phenolic OH excluding ortho intramolecular Hbond substituents is 1. The molecule has 0 spiro atoms. The number of allylic oxidation sites excluding steroid dienone is 1. The van der Waals surface area contributed by atoms with Crippen LogP contribution in [0.25, 0.3) is 0 Å². The van der Waals surface area contributed by atoms with Gasteiger partial charge < -0.3 is 10.4 Å². The molecular weight excluding hydrogens is 260 g/mol. The minimum absolute atomic E-state index is 0.0759. The predicted octanol–water partition coefficient (Wildman–Crippen LogP) is 2.48. The molecule has 1 aromatic rings. The number of carbonyl (C=O) groups excluding carboxylic acids is 1. The lowest BCUT2D eigenvalue weighted by atomic mass is 9.87. The fraction of sp³-hybridized carbons (Fsp3) is 0.286. The maximum Gasteiger partial charge on any atom is 0.225 e. The van der Waals surface area contributed by atoms with Gasteiger partial charge in [-0.15, -0.1) is 11.8 Å². The van der Waals surface area contributed by atoms with Gasteiger partial charge >= 0.3 is 0 Å². The first-order valence-corrected chi connectivity index (χ1v) is 7.00. The van der Waals surface area contributed by atoms with Crippen LogP contribution in [0.15, 0.2) is 34.9 Å². The molecule has 0 unspecified atom stereocenters. The largest absolute Gasteiger partial charge is 0.508 e. The van der Waals surface area contributed by atoms with E-state index in [1.807, 2.05) is 6.92 Å². The number of benzene rings is 1. The van der Waals surface area contributed by atoms with Crippen LogP contribution in [0.3, 0.4) is 0 Å². The molecule has 98 valence electrons. The molecule has 1 atom stereocenters. The van der Waals surface area contributed by atoms with Crippen molar-refractivity contribution < 1.29 is 9.90 Å². The van der Waals surface area contributed by atoms with Crippen molar-refractivity contribution in [1.82, 2.24) is 5.32 Å². The van der Waals surface area contributed by atoms with E-state index in [9.17, 15) is 15.2 Å². The van der Waals surface area contributed by atoms with Gasteiger partial charge in [-0.3, -0.25) is 4.79 Å². The Hall–Kier alpha value is -1.93. The molecule has 0 saturated heterocycles. The fourth-order valence-electron chi connectivity index (χ4n) is 2.07. The van der Waals surface area contributed by atoms with Gasteiger partial charge in [0.05, 0.1) is 16.7 Å². The van der Waals surface area contributed by atoms with E-state index >= 15 is 0 Å². The average Bonchev–Trinajstić information content (AvgIpc) is 2.39. The standard InChI is InChI=1S/C14H14N2O2S/c1-2-19-14-12(8-15)11(7-13(18)16-14)9-3-5-10(17)6-4-9/h3-6,11,17H,2,7H2,1H3,(H,16,18)/t11-/m1/s1. The summed E-state index contributed by atoms with van der Waals surface area (Å²) in [6, 6.07) is 8.86. The Balaban J connectivity index is 2.42. The van der Waals surface area contributed by atoms with E-state index < -0.39 is 0 Å². The maximum atomic E-state index is 11.7. The number of phenols is 1. The first-order chi connectivity index (χ1) is 9.15. The Labute approximate surface area is 116 Å². The Bertz CT molecular complexity index is 558. The molecule has 1 aromatic carbocycles. The molecule has 2 N–H and O–H groups in total. The number of hydrogen-bond donors (Lipinski definition) is 2. The van der Waals surface area contributed by atoms with Crippen LogP contribution in [0.4, 0.5) is 0 Å². The summed E-state index contributed by atoms with van der Waals surface area (Å²) in [6.45, 7) is 1.98. The second kappa shape index (κ2) is 5.81. The summed E-state index contributed by atoms with van der Waals surface area (Å²) in [6.07, 6.45) is 0.265. The molecule has 1 aliphatic heterocycles. The first-order valence-electron chi connectivity index (χ1n) is 6.01. The summed E-state index contributed by atoms with van der Waals surface area (Å²) in [5.41, 5.74) is 1.47. The van der Waals surface area contributed by atoms with E-state index in [2.05, 4.69) is 11.4 Å². The number of thioether (sulfide) groups is 1. The molecule has 2 rings (SSSR count). The van der Waals surface area contributed by atoms with Crippen LogP contribution in [0, 0.1) is 11.3 Å². The van der Waals surface area contributed by atoms with Gasteiger partial charge in [0, 0.05) is 12.3 Å². The van der Waals surface area contributed by atoms with Crippen LogP contribution in [0.2, 0.25) is 0 Å². The number of rotatable bonds is 3. The Morgan fingerprint density at radius 3 is 2.74 bits per heavy atom. The van der Waals surface area contributed by atoms with Gasteiger partial charge in [-0.05, 0) is 23.4 Å². The van der Waals surface area contributed by atoms with Crippen molar-refractivity contribution in [2.24, 2.45) is 0 Å². The van der Waals surface area contributed by atoms with E-state index in [0.717, 1.165) is 11.3 Å². The molecule has 4 nitrogen and oxygen atoms in total. The number of carbonyl (C=O) groups is 1. The molecule has 1 heterocycles. The molecule has 5 heteroatoms. The summed E-state index contributed by atoms with van der Waals surface area (Å²) in [5, 5.41) is 22.1. The molecule has 0 bridgehead atoms. The van der Waals surface area contributed by atoms with Crippen LogP contribution in [0.5, 0.6) is 5.75 Å². The zero-order valence-corrected chi connectivity index (χ0v) is 11.3. The summed E-state index contributed by atoms with van der Waals surface area (Å²) in [5.74, 6) is 0.666. The van der Waals surface area contributed by atoms with Crippen molar-refractivity contribution >= 4 is 17.7 Å². The third-order valence-electron chi connectivity index (χ3n) is 2.94. The van der Waals surface area contributed by atoms with E-state index in [4.69, 9.17) is 0 Å². The molecule has 1 aliphatic rings. The third kappa shape index (κ3) is 2.91. The van der Waals surface area contributed by atoms with Crippen molar-refractivity contribution in [1.29, 1.82) is 5.26 Å². The molecule has 0 radical (unpaired) electrons. The summed E-state index contributed by atoms with van der Waals surface area (Å²) in [7, 11) is 0. The van der Waals surface area contributed by atoms with E-state index in [1.54, 1.807) is 24.3 Å². The zero-order valence-electron chi connectivity index (χ0n) is 10.5. The van der Waals surface area contributed by atoms with Gasteiger partial charge in [-0.1, -0.05) is 19.1 Å². The van der Waals surface area contributed by atoms with Crippen LogP contribution in [-0.2, 0) is 4.79 Å². The first kappa shape index (κ1) is 13.5. The SMILES string of the molecule is CCSC1=C(C#N)[C@@H](c2ccc(O)cc2)CC(=O)N1. The third-order valence-corrected chi connectivity index (χ3v) is 3.84. The summed E-state index contributed by atoms with van der Waals surface area (Å²) >= 11 is 1.47. The zero-order chi connectivity index (χ0) is 13.8. The second-order valence-corrected chi connectivity index (χ2v) is 5.46. The quantitative estimate of drug-likeness (QED) is 0.888. The maximum absolute atomic E-state index is 11.7. The highest BCUT2D eigenvalue weighted by atomic mass is 32.2. The Kier molecular flexibility index (Phi) is 4.13. The van der Waals surface area contributed by atoms with Crippen LogP contribution in [0.1, 0.15) is 24.8 Å². The van der Waals surface area contributed by atoms with Gasteiger partial charge in [0.25, 0.3) is 0 Å². The average molecular weight is 274 g/mol. The molecule has 0 aromatic heterocycles. The van der Waals surface area contributed by atoms with Crippen molar-refractivity contribution in [3.05, 3.63) is 40.4 Å². The predicted molar refractivity (Wildman–Crippen MR) is 74.4 cm³/mol. The monoisotopic (exact) mass is 274 g/mol. The topological polar surface area (TPSA) is 73.1 Å². The highest BCUT2D eigenvalue weighted by Crippen LogP contribution is 2.36. The molecule has 0 fully saturated rings. The van der Waals surface area contributed by atoms with Crippen LogP contribution < -0.4 is 5.32 Å². The lowest BCUT2D eigenvalue weighted by molar-refractivity contribution is -0.120. The molecule has 19 heavy (non-hydrogen) atoms. The van der Waals surface area contributed by atoms with E-state index in [0.29, 0.717) is 10.6 Å².